The van der Waals surface area contributed by atoms with Gasteiger partial charge < -0.3 is 9.47 Å². The van der Waals surface area contributed by atoms with Gasteiger partial charge in [0.1, 0.15) is 11.5 Å². The van der Waals surface area contributed by atoms with Crippen LogP contribution in [0.4, 0.5) is 0 Å². The van der Waals surface area contributed by atoms with Gasteiger partial charge in [0.05, 0.1) is 12.5 Å². The zero-order chi connectivity index (χ0) is 15.9. The van der Waals surface area contributed by atoms with Gasteiger partial charge in [-0.2, -0.15) is 4.31 Å². The first-order valence-electron chi connectivity index (χ1n) is 7.68. The van der Waals surface area contributed by atoms with Crippen LogP contribution < -0.4 is 0 Å². The van der Waals surface area contributed by atoms with Crippen molar-refractivity contribution in [3.63, 3.8) is 0 Å². The number of hydrogen-bond donors (Lipinski definition) is 0. The van der Waals surface area contributed by atoms with Crippen LogP contribution in [0.15, 0.2) is 6.20 Å². The molecule has 3 heterocycles. The van der Waals surface area contributed by atoms with Crippen LogP contribution in [0.5, 0.6) is 0 Å². The molecule has 1 saturated heterocycles. The van der Waals surface area contributed by atoms with Crippen molar-refractivity contribution < 1.29 is 13.2 Å². The summed E-state index contributed by atoms with van der Waals surface area (Å²) in [5.74, 6) is 0.943. The van der Waals surface area contributed by atoms with Gasteiger partial charge in [-0.3, -0.25) is 4.79 Å². The molecule has 2 aliphatic heterocycles. The maximum absolute atomic E-state index is 12.7. The molecule has 0 radical (unpaired) electrons. The van der Waals surface area contributed by atoms with E-state index in [9.17, 15) is 13.2 Å². The molecule has 0 N–H and O–H groups in total. The summed E-state index contributed by atoms with van der Waals surface area (Å²) in [6.45, 7) is 3.89. The van der Waals surface area contributed by atoms with E-state index in [-0.39, 0.29) is 11.9 Å². The SMILES string of the molecule is C[C@H]1CN(C(=O)c2cnc3n2CCCC3)CCN1S(C)(=O)=O. The number of aryl methyl sites for hydroxylation is 1. The molecule has 0 unspecified atom stereocenters. The summed E-state index contributed by atoms with van der Waals surface area (Å²) < 4.78 is 26.9. The lowest BCUT2D eigenvalue weighted by Gasteiger charge is -2.38. The van der Waals surface area contributed by atoms with E-state index in [1.165, 1.54) is 10.6 Å². The van der Waals surface area contributed by atoms with Crippen LogP contribution in [0.2, 0.25) is 0 Å². The maximum atomic E-state index is 12.7. The minimum absolute atomic E-state index is 0.0411. The van der Waals surface area contributed by atoms with Crippen molar-refractivity contribution in [2.24, 2.45) is 0 Å². The Bertz CT molecular complexity index is 682. The highest BCUT2D eigenvalue weighted by Crippen LogP contribution is 2.20. The fraction of sp³-hybridized carbons (Fsp3) is 0.714. The molecule has 22 heavy (non-hydrogen) atoms. The lowest BCUT2D eigenvalue weighted by molar-refractivity contribution is 0.0631. The standard InChI is InChI=1S/C14H22N4O3S/c1-11-10-16(7-8-18(11)22(2,20)21)14(19)12-9-15-13-5-3-4-6-17(12)13/h9,11H,3-8,10H2,1-2H3/t11-/m0/s1. The number of fused-ring (bicyclic) bond motifs is 1. The molecular weight excluding hydrogens is 304 g/mol. The van der Waals surface area contributed by atoms with Gasteiger partial charge in [0.15, 0.2) is 0 Å². The molecule has 122 valence electrons. The lowest BCUT2D eigenvalue weighted by Crippen LogP contribution is -2.55. The lowest BCUT2D eigenvalue weighted by atomic mass is 10.1. The molecule has 7 nitrogen and oxygen atoms in total. The maximum Gasteiger partial charge on any atom is 0.272 e. The van der Waals surface area contributed by atoms with Crippen molar-refractivity contribution in [3.8, 4) is 0 Å². The number of rotatable bonds is 2. The second-order valence-corrected chi connectivity index (χ2v) is 8.08. The molecule has 0 aromatic carbocycles. The van der Waals surface area contributed by atoms with Crippen LogP contribution in [-0.2, 0) is 23.0 Å². The first kappa shape index (κ1) is 15.5. The van der Waals surface area contributed by atoms with Crippen molar-refractivity contribution >= 4 is 15.9 Å². The molecule has 1 fully saturated rings. The van der Waals surface area contributed by atoms with Crippen LogP contribution in [0.1, 0.15) is 36.1 Å². The molecule has 0 bridgehead atoms. The van der Waals surface area contributed by atoms with Gasteiger partial charge in [-0.1, -0.05) is 0 Å². The Morgan fingerprint density at radius 1 is 1.27 bits per heavy atom. The van der Waals surface area contributed by atoms with E-state index in [4.69, 9.17) is 0 Å². The summed E-state index contributed by atoms with van der Waals surface area (Å²) in [5.41, 5.74) is 0.634. The van der Waals surface area contributed by atoms with E-state index in [2.05, 4.69) is 4.98 Å². The summed E-state index contributed by atoms with van der Waals surface area (Å²) in [4.78, 5) is 18.8. The van der Waals surface area contributed by atoms with Crippen LogP contribution >= 0.6 is 0 Å². The van der Waals surface area contributed by atoms with Gasteiger partial charge in [0.2, 0.25) is 10.0 Å². The number of carbonyl (C=O) groups is 1. The first-order chi connectivity index (χ1) is 10.4. The number of aromatic nitrogens is 2. The molecule has 8 heteroatoms. The predicted molar refractivity (Wildman–Crippen MR) is 82.1 cm³/mol. The molecule has 0 spiro atoms. The third-order valence-corrected chi connectivity index (χ3v) is 5.86. The molecule has 1 amide bonds. The van der Waals surface area contributed by atoms with E-state index in [0.717, 1.165) is 31.6 Å². The summed E-state index contributed by atoms with van der Waals surface area (Å²) in [5, 5.41) is 0. The van der Waals surface area contributed by atoms with Gasteiger partial charge >= 0.3 is 0 Å². The quantitative estimate of drug-likeness (QED) is 0.785. The monoisotopic (exact) mass is 326 g/mol. The van der Waals surface area contributed by atoms with E-state index < -0.39 is 10.0 Å². The van der Waals surface area contributed by atoms with Gasteiger partial charge in [-0.05, 0) is 19.8 Å². The van der Waals surface area contributed by atoms with Gasteiger partial charge in [-0.25, -0.2) is 13.4 Å². The average molecular weight is 326 g/mol. The van der Waals surface area contributed by atoms with E-state index in [1.54, 1.807) is 11.1 Å². The van der Waals surface area contributed by atoms with E-state index in [1.807, 2.05) is 11.5 Å². The summed E-state index contributed by atoms with van der Waals surface area (Å²) in [6.07, 6.45) is 5.99. The number of nitrogens with zero attached hydrogens (tertiary/aromatic N) is 4. The molecule has 0 aliphatic carbocycles. The molecule has 3 rings (SSSR count). The van der Waals surface area contributed by atoms with Crippen molar-refractivity contribution in [1.82, 2.24) is 18.8 Å². The van der Waals surface area contributed by atoms with Crippen molar-refractivity contribution in [2.75, 3.05) is 25.9 Å². The number of carbonyl (C=O) groups excluding carboxylic acids is 1. The minimum atomic E-state index is -3.21. The zero-order valence-electron chi connectivity index (χ0n) is 13.0. The molecule has 1 aromatic rings. The summed E-state index contributed by atoms with van der Waals surface area (Å²) >= 11 is 0. The predicted octanol–water partition coefficient (Wildman–Crippen LogP) is 0.325. The number of sulfonamides is 1. The third kappa shape index (κ3) is 2.77. The fourth-order valence-electron chi connectivity index (χ4n) is 3.37. The van der Waals surface area contributed by atoms with Crippen LogP contribution in [0.3, 0.4) is 0 Å². The second kappa shape index (κ2) is 5.66. The van der Waals surface area contributed by atoms with Crippen LogP contribution in [0.25, 0.3) is 0 Å². The highest BCUT2D eigenvalue weighted by atomic mass is 32.2. The van der Waals surface area contributed by atoms with E-state index in [0.29, 0.717) is 25.3 Å². The molecule has 1 atom stereocenters. The largest absolute Gasteiger partial charge is 0.334 e. The second-order valence-electron chi connectivity index (χ2n) is 6.14. The van der Waals surface area contributed by atoms with Crippen LogP contribution in [-0.4, -0.2) is 65.0 Å². The van der Waals surface area contributed by atoms with E-state index >= 15 is 0 Å². The molecular formula is C14H22N4O3S. The van der Waals surface area contributed by atoms with Crippen molar-refractivity contribution in [1.29, 1.82) is 0 Å². The highest BCUT2D eigenvalue weighted by molar-refractivity contribution is 7.88. The van der Waals surface area contributed by atoms with Crippen LogP contribution in [0, 0.1) is 0 Å². The number of hydrogen-bond acceptors (Lipinski definition) is 4. The Hall–Kier alpha value is -1.41. The highest BCUT2D eigenvalue weighted by Gasteiger charge is 2.33. The van der Waals surface area contributed by atoms with Gasteiger partial charge in [0.25, 0.3) is 5.91 Å². The normalized spacial score (nSPS) is 23.4. The third-order valence-electron chi connectivity index (χ3n) is 4.47. The Morgan fingerprint density at radius 2 is 2.05 bits per heavy atom. The van der Waals surface area contributed by atoms with Crippen molar-refractivity contribution in [3.05, 3.63) is 17.7 Å². The minimum Gasteiger partial charge on any atom is -0.334 e. The van der Waals surface area contributed by atoms with Gasteiger partial charge in [-0.15, -0.1) is 0 Å². The zero-order valence-corrected chi connectivity index (χ0v) is 13.8. The fourth-order valence-corrected chi connectivity index (χ4v) is 4.50. The number of imidazole rings is 1. The topological polar surface area (TPSA) is 75.5 Å². The number of amides is 1. The summed E-state index contributed by atoms with van der Waals surface area (Å²) in [7, 11) is -3.21. The summed E-state index contributed by atoms with van der Waals surface area (Å²) in [6, 6.07) is -0.198. The molecule has 2 aliphatic rings. The number of piperazine rings is 1. The average Bonchev–Trinajstić information content (AvgIpc) is 2.89. The van der Waals surface area contributed by atoms with Gasteiger partial charge in [0, 0.05) is 38.6 Å². The molecule has 1 aromatic heterocycles. The molecule has 0 saturated carbocycles. The van der Waals surface area contributed by atoms with Crippen molar-refractivity contribution in [2.45, 2.75) is 38.8 Å². The first-order valence-corrected chi connectivity index (χ1v) is 9.53. The Labute approximate surface area is 131 Å². The Balaban J connectivity index is 1.76. The Morgan fingerprint density at radius 3 is 2.73 bits per heavy atom. The Kier molecular flexibility index (Phi) is 3.98. The smallest absolute Gasteiger partial charge is 0.272 e.